The number of ether oxygens (including phenoxy) is 1. The van der Waals surface area contributed by atoms with Crippen molar-refractivity contribution < 1.29 is 14.6 Å². The molecule has 3 rings (SSSR count). The minimum atomic E-state index is -0.475. The zero-order valence-corrected chi connectivity index (χ0v) is 13.1. The molecule has 0 aromatic heterocycles. The normalized spacial score (nSPS) is 51.9. The predicted octanol–water partition coefficient (Wildman–Crippen LogP) is 2.93. The van der Waals surface area contributed by atoms with E-state index >= 15 is 0 Å². The Kier molecular flexibility index (Phi) is 2.74. The van der Waals surface area contributed by atoms with Crippen molar-refractivity contribution in [1.82, 2.24) is 0 Å². The lowest BCUT2D eigenvalue weighted by Crippen LogP contribution is -2.49. The van der Waals surface area contributed by atoms with Gasteiger partial charge in [-0.05, 0) is 24.2 Å². The molecule has 0 aromatic carbocycles. The molecule has 112 valence electrons. The van der Waals surface area contributed by atoms with Crippen molar-refractivity contribution in [1.29, 1.82) is 0 Å². The van der Waals surface area contributed by atoms with E-state index in [2.05, 4.69) is 33.8 Å². The van der Waals surface area contributed by atoms with Gasteiger partial charge < -0.3 is 9.84 Å². The van der Waals surface area contributed by atoms with E-state index in [9.17, 15) is 9.90 Å². The van der Waals surface area contributed by atoms with Gasteiger partial charge in [0.05, 0.1) is 6.10 Å². The molecule has 20 heavy (non-hydrogen) atoms. The molecule has 0 aromatic rings. The molecule has 2 fully saturated rings. The van der Waals surface area contributed by atoms with Gasteiger partial charge in [-0.1, -0.05) is 39.8 Å². The monoisotopic (exact) mass is 278 g/mol. The second-order valence-corrected chi connectivity index (χ2v) is 8.03. The summed E-state index contributed by atoms with van der Waals surface area (Å²) in [6, 6.07) is 0. The van der Waals surface area contributed by atoms with Gasteiger partial charge in [-0.2, -0.15) is 0 Å². The molecule has 3 nitrogen and oxygen atoms in total. The highest BCUT2D eigenvalue weighted by molar-refractivity contribution is 5.66. The van der Waals surface area contributed by atoms with Gasteiger partial charge >= 0.3 is 5.97 Å². The van der Waals surface area contributed by atoms with Crippen LogP contribution in [0.2, 0.25) is 0 Å². The van der Waals surface area contributed by atoms with Crippen LogP contribution in [0.15, 0.2) is 12.2 Å². The highest BCUT2D eigenvalue weighted by Crippen LogP contribution is 2.73. The van der Waals surface area contributed by atoms with E-state index in [-0.39, 0.29) is 34.2 Å². The van der Waals surface area contributed by atoms with Crippen molar-refractivity contribution in [3.05, 3.63) is 12.2 Å². The van der Waals surface area contributed by atoms with Crippen LogP contribution < -0.4 is 0 Å². The van der Waals surface area contributed by atoms with Crippen LogP contribution >= 0.6 is 0 Å². The van der Waals surface area contributed by atoms with Gasteiger partial charge in [0, 0.05) is 23.7 Å². The summed E-state index contributed by atoms with van der Waals surface area (Å²) in [6.07, 6.45) is 5.88. The molecule has 3 heteroatoms. The largest absolute Gasteiger partial charge is 0.462 e. The number of esters is 1. The van der Waals surface area contributed by atoms with Crippen LogP contribution in [0.5, 0.6) is 0 Å². The minimum Gasteiger partial charge on any atom is -0.462 e. The van der Waals surface area contributed by atoms with Crippen LogP contribution in [0.1, 0.15) is 47.5 Å². The van der Waals surface area contributed by atoms with E-state index in [1.54, 1.807) is 0 Å². The second-order valence-electron chi connectivity index (χ2n) is 8.03. The summed E-state index contributed by atoms with van der Waals surface area (Å²) in [6.45, 7) is 10.3. The Balaban J connectivity index is 2.15. The molecular formula is C17H26O3. The molecule has 0 spiro atoms. The van der Waals surface area contributed by atoms with Crippen molar-refractivity contribution in [3.63, 3.8) is 0 Å². The Morgan fingerprint density at radius 1 is 1.30 bits per heavy atom. The molecule has 0 radical (unpaired) electrons. The van der Waals surface area contributed by atoms with E-state index in [0.717, 1.165) is 12.8 Å². The summed E-state index contributed by atoms with van der Waals surface area (Å²) < 4.78 is 5.78. The lowest BCUT2D eigenvalue weighted by atomic mass is 9.63. The summed E-state index contributed by atoms with van der Waals surface area (Å²) >= 11 is 0. The Hall–Kier alpha value is -0.830. The number of hydrogen-bond acceptors (Lipinski definition) is 3. The lowest BCUT2D eigenvalue weighted by molar-refractivity contribution is -0.164. The molecule has 0 saturated heterocycles. The first-order chi connectivity index (χ1) is 9.14. The fourth-order valence-corrected chi connectivity index (χ4v) is 5.40. The first-order valence-electron chi connectivity index (χ1n) is 7.69. The van der Waals surface area contributed by atoms with Crippen molar-refractivity contribution in [2.45, 2.75) is 59.7 Å². The summed E-state index contributed by atoms with van der Waals surface area (Å²) in [5, 5.41) is 10.5. The van der Waals surface area contributed by atoms with E-state index < -0.39 is 6.10 Å². The molecule has 0 heterocycles. The first-order valence-corrected chi connectivity index (χ1v) is 7.69. The molecular weight excluding hydrogens is 252 g/mol. The third-order valence-corrected chi connectivity index (χ3v) is 6.90. The van der Waals surface area contributed by atoms with Crippen LogP contribution in [0.25, 0.3) is 0 Å². The standard InChI is InChI=1S/C17H26O3/c1-10(18)20-14-13-11-6-8-17(14,5)16(11,4)9-7-12(19)15(13,2)3/h7,9,11-14,19H,6,8H2,1-5H3/t11-,12?,13-,14+,16+,17+/m0/s1. The number of carbonyl (C=O) groups is 1. The van der Waals surface area contributed by atoms with Gasteiger partial charge in [0.1, 0.15) is 6.10 Å². The number of rotatable bonds is 1. The SMILES string of the molecule is CC(=O)O[C@@H]1[C@@H]2[C@@H]3CC[C@@]1(C)[C@]3(C)C=CC(O)C2(C)C. The number of aliphatic hydroxyl groups is 1. The fourth-order valence-electron chi connectivity index (χ4n) is 5.40. The van der Waals surface area contributed by atoms with Crippen LogP contribution in [-0.2, 0) is 9.53 Å². The first kappa shape index (κ1) is 14.1. The van der Waals surface area contributed by atoms with Gasteiger partial charge in [0.25, 0.3) is 0 Å². The highest BCUT2D eigenvalue weighted by Gasteiger charge is 2.72. The number of carbonyl (C=O) groups excluding carboxylic acids is 1. The summed E-state index contributed by atoms with van der Waals surface area (Å²) in [5.74, 6) is 0.506. The molecule has 6 atom stereocenters. The Labute approximate surface area is 121 Å². The van der Waals surface area contributed by atoms with Crippen molar-refractivity contribution in [2.75, 3.05) is 0 Å². The summed E-state index contributed by atoms with van der Waals surface area (Å²) in [4.78, 5) is 11.6. The predicted molar refractivity (Wildman–Crippen MR) is 76.9 cm³/mol. The average Bonchev–Trinajstić information content (AvgIpc) is 2.65. The zero-order chi connectivity index (χ0) is 14.9. The zero-order valence-electron chi connectivity index (χ0n) is 13.1. The van der Waals surface area contributed by atoms with Crippen LogP contribution in [0.3, 0.4) is 0 Å². The van der Waals surface area contributed by atoms with Gasteiger partial charge in [0.15, 0.2) is 0 Å². The molecule has 4 bridgehead atoms. The maximum absolute atomic E-state index is 11.6. The quantitative estimate of drug-likeness (QED) is 0.592. The Morgan fingerprint density at radius 3 is 2.55 bits per heavy atom. The van der Waals surface area contributed by atoms with Gasteiger partial charge in [-0.25, -0.2) is 0 Å². The van der Waals surface area contributed by atoms with E-state index in [1.807, 2.05) is 6.08 Å². The molecule has 3 aliphatic carbocycles. The fraction of sp³-hybridized carbons (Fsp3) is 0.824. The lowest BCUT2D eigenvalue weighted by Gasteiger charge is -2.46. The molecule has 1 unspecified atom stereocenters. The van der Waals surface area contributed by atoms with Crippen molar-refractivity contribution in [3.8, 4) is 0 Å². The maximum Gasteiger partial charge on any atom is 0.302 e. The van der Waals surface area contributed by atoms with Crippen molar-refractivity contribution in [2.24, 2.45) is 28.1 Å². The molecule has 2 saturated carbocycles. The van der Waals surface area contributed by atoms with Crippen molar-refractivity contribution >= 4 is 5.97 Å². The number of hydrogen-bond donors (Lipinski definition) is 1. The van der Waals surface area contributed by atoms with Crippen LogP contribution in [0.4, 0.5) is 0 Å². The highest BCUT2D eigenvalue weighted by atomic mass is 16.5. The van der Waals surface area contributed by atoms with E-state index in [0.29, 0.717) is 5.92 Å². The second kappa shape index (κ2) is 3.88. The summed E-state index contributed by atoms with van der Waals surface area (Å²) in [5.41, 5.74) is -0.258. The maximum atomic E-state index is 11.6. The van der Waals surface area contributed by atoms with Gasteiger partial charge in [-0.3, -0.25) is 4.79 Å². The number of aliphatic hydroxyl groups excluding tert-OH is 1. The third kappa shape index (κ3) is 1.42. The average molecular weight is 278 g/mol. The minimum absolute atomic E-state index is 0.0120. The topological polar surface area (TPSA) is 46.5 Å². The smallest absolute Gasteiger partial charge is 0.302 e. The third-order valence-electron chi connectivity index (χ3n) is 6.90. The van der Waals surface area contributed by atoms with Crippen LogP contribution in [-0.4, -0.2) is 23.3 Å². The van der Waals surface area contributed by atoms with Gasteiger partial charge in [0.2, 0.25) is 0 Å². The van der Waals surface area contributed by atoms with Gasteiger partial charge in [-0.15, -0.1) is 0 Å². The summed E-state index contributed by atoms with van der Waals surface area (Å²) in [7, 11) is 0. The van der Waals surface area contributed by atoms with Crippen LogP contribution in [0, 0.1) is 28.1 Å². The molecule has 0 amide bonds. The molecule has 1 N–H and O–H groups in total. The molecule has 0 aliphatic heterocycles. The Bertz CT molecular complexity index is 481. The van der Waals surface area contributed by atoms with E-state index in [4.69, 9.17) is 4.74 Å². The Morgan fingerprint density at radius 2 is 1.95 bits per heavy atom. The molecule has 3 aliphatic rings. The number of allylic oxidation sites excluding steroid dienone is 1. The van der Waals surface area contributed by atoms with E-state index in [1.165, 1.54) is 6.92 Å².